The van der Waals surface area contributed by atoms with Crippen LogP contribution in [0.15, 0.2) is 24.3 Å². The van der Waals surface area contributed by atoms with Gasteiger partial charge in [-0.3, -0.25) is 0 Å². The van der Waals surface area contributed by atoms with Crippen molar-refractivity contribution >= 4 is 14.2 Å². The van der Waals surface area contributed by atoms with Gasteiger partial charge in [-0.1, -0.05) is 17.7 Å². The van der Waals surface area contributed by atoms with Crippen LogP contribution in [0.4, 0.5) is 5.69 Å². The zero-order chi connectivity index (χ0) is 12.0. The first-order chi connectivity index (χ1) is 7.69. The molecule has 0 spiro atoms. The van der Waals surface area contributed by atoms with Gasteiger partial charge in [-0.25, -0.2) is 0 Å². The van der Waals surface area contributed by atoms with Crippen molar-refractivity contribution in [1.82, 2.24) is 0 Å². The summed E-state index contributed by atoms with van der Waals surface area (Å²) in [7, 11) is 1.03. The van der Waals surface area contributed by atoms with Crippen molar-refractivity contribution in [3.8, 4) is 0 Å². The van der Waals surface area contributed by atoms with Crippen LogP contribution in [0.2, 0.25) is 0 Å². The molecule has 0 N–H and O–H groups in total. The van der Waals surface area contributed by atoms with Crippen molar-refractivity contribution in [3.05, 3.63) is 29.8 Å². The second kappa shape index (κ2) is 6.85. The molecule has 4 heteroatoms. The van der Waals surface area contributed by atoms with Crippen LogP contribution in [-0.2, 0) is 9.05 Å². The number of nitrogens with zero attached hydrogens (tertiary/aromatic N) is 1. The van der Waals surface area contributed by atoms with E-state index < -0.39 is 8.53 Å². The molecule has 0 aromatic heterocycles. The Morgan fingerprint density at radius 2 is 1.56 bits per heavy atom. The van der Waals surface area contributed by atoms with Crippen LogP contribution in [-0.4, -0.2) is 20.3 Å². The molecule has 0 amide bonds. The molecule has 0 bridgehead atoms. The van der Waals surface area contributed by atoms with E-state index in [1.807, 2.05) is 20.9 Å². The Kier molecular flexibility index (Phi) is 5.75. The monoisotopic (exact) mass is 241 g/mol. The summed E-state index contributed by atoms with van der Waals surface area (Å²) in [6.07, 6.45) is 0. The lowest BCUT2D eigenvalue weighted by Crippen LogP contribution is -2.13. The van der Waals surface area contributed by atoms with Crippen molar-refractivity contribution in [2.24, 2.45) is 0 Å². The molecule has 0 atom stereocenters. The summed E-state index contributed by atoms with van der Waals surface area (Å²) in [5.74, 6) is 0. The number of benzene rings is 1. The van der Waals surface area contributed by atoms with Gasteiger partial charge in [-0.05, 0) is 32.9 Å². The summed E-state index contributed by atoms with van der Waals surface area (Å²) in [6, 6.07) is 8.36. The van der Waals surface area contributed by atoms with Crippen LogP contribution >= 0.6 is 8.53 Å². The Morgan fingerprint density at radius 3 is 2.00 bits per heavy atom. The maximum Gasteiger partial charge on any atom is 0.289 e. The molecule has 0 saturated carbocycles. The molecule has 0 unspecified atom stereocenters. The van der Waals surface area contributed by atoms with Crippen molar-refractivity contribution in [2.75, 3.05) is 24.9 Å². The summed E-state index contributed by atoms with van der Waals surface area (Å²) in [5, 5.41) is 0. The van der Waals surface area contributed by atoms with Gasteiger partial charge < -0.3 is 13.7 Å². The smallest absolute Gasteiger partial charge is 0.289 e. The summed E-state index contributed by atoms with van der Waals surface area (Å²) in [4.78, 5) is 0. The number of rotatable bonds is 6. The number of anilines is 1. The molecule has 16 heavy (non-hydrogen) atoms. The van der Waals surface area contributed by atoms with Gasteiger partial charge in [0.1, 0.15) is 0 Å². The van der Waals surface area contributed by atoms with E-state index in [0.717, 1.165) is 5.69 Å². The SMILES string of the molecule is CCOP(OCC)N(C)c1ccc(C)cc1. The molecule has 0 fully saturated rings. The van der Waals surface area contributed by atoms with Gasteiger partial charge >= 0.3 is 0 Å². The zero-order valence-electron chi connectivity index (χ0n) is 10.4. The molecular weight excluding hydrogens is 221 g/mol. The summed E-state index contributed by atoms with van der Waals surface area (Å²) < 4.78 is 13.3. The van der Waals surface area contributed by atoms with E-state index in [1.54, 1.807) is 0 Å². The van der Waals surface area contributed by atoms with Crippen LogP contribution in [0.25, 0.3) is 0 Å². The second-order valence-corrected chi connectivity index (χ2v) is 5.02. The Labute approximate surface area is 99.3 Å². The van der Waals surface area contributed by atoms with Crippen LogP contribution in [0, 0.1) is 6.92 Å². The van der Waals surface area contributed by atoms with E-state index in [2.05, 4.69) is 35.9 Å². The normalized spacial score (nSPS) is 10.8. The first-order valence-corrected chi connectivity index (χ1v) is 6.68. The van der Waals surface area contributed by atoms with Crippen molar-refractivity contribution in [1.29, 1.82) is 0 Å². The van der Waals surface area contributed by atoms with Gasteiger partial charge in [0.15, 0.2) is 0 Å². The minimum Gasteiger partial charge on any atom is -0.318 e. The highest BCUT2D eigenvalue weighted by Gasteiger charge is 2.16. The van der Waals surface area contributed by atoms with Crippen LogP contribution < -0.4 is 4.67 Å². The standard InChI is InChI=1S/C12H20NO2P/c1-5-14-16(15-6-2)13(4)12-9-7-11(3)8-10-12/h7-10H,5-6H2,1-4H3. The summed E-state index contributed by atoms with van der Waals surface area (Å²) >= 11 is 0. The average Bonchev–Trinajstić information content (AvgIpc) is 2.29. The fourth-order valence-corrected chi connectivity index (χ4v) is 2.47. The second-order valence-electron chi connectivity index (χ2n) is 3.43. The van der Waals surface area contributed by atoms with E-state index in [9.17, 15) is 0 Å². The fourth-order valence-electron chi connectivity index (χ4n) is 1.29. The van der Waals surface area contributed by atoms with Crippen LogP contribution in [0.5, 0.6) is 0 Å². The Hall–Kier alpha value is -0.630. The van der Waals surface area contributed by atoms with Gasteiger partial charge in [0.05, 0.1) is 13.2 Å². The highest BCUT2D eigenvalue weighted by molar-refractivity contribution is 7.49. The Balaban J connectivity index is 2.72. The van der Waals surface area contributed by atoms with Crippen LogP contribution in [0.3, 0.4) is 0 Å². The third kappa shape index (κ3) is 3.75. The van der Waals surface area contributed by atoms with E-state index >= 15 is 0 Å². The zero-order valence-corrected chi connectivity index (χ0v) is 11.3. The molecule has 0 saturated heterocycles. The minimum atomic E-state index is -0.975. The number of hydrogen-bond acceptors (Lipinski definition) is 3. The van der Waals surface area contributed by atoms with E-state index in [4.69, 9.17) is 9.05 Å². The van der Waals surface area contributed by atoms with E-state index in [0.29, 0.717) is 13.2 Å². The molecule has 1 aromatic rings. The van der Waals surface area contributed by atoms with Crippen LogP contribution in [0.1, 0.15) is 19.4 Å². The predicted octanol–water partition coefficient (Wildman–Crippen LogP) is 3.73. The molecule has 90 valence electrons. The molecular formula is C12H20NO2P. The molecule has 0 radical (unpaired) electrons. The lowest BCUT2D eigenvalue weighted by Gasteiger charge is -2.27. The Bertz CT molecular complexity index is 296. The van der Waals surface area contributed by atoms with Gasteiger partial charge in [0.2, 0.25) is 0 Å². The lowest BCUT2D eigenvalue weighted by atomic mass is 10.2. The third-order valence-corrected chi connectivity index (χ3v) is 3.81. The highest BCUT2D eigenvalue weighted by atomic mass is 31.2. The molecule has 1 aromatic carbocycles. The van der Waals surface area contributed by atoms with E-state index in [-0.39, 0.29) is 0 Å². The largest absolute Gasteiger partial charge is 0.318 e. The third-order valence-electron chi connectivity index (χ3n) is 2.13. The van der Waals surface area contributed by atoms with Gasteiger partial charge in [-0.2, -0.15) is 0 Å². The number of aryl methyl sites for hydroxylation is 1. The maximum atomic E-state index is 5.60. The summed E-state index contributed by atoms with van der Waals surface area (Å²) in [5.41, 5.74) is 2.38. The molecule has 1 rings (SSSR count). The minimum absolute atomic E-state index is 0.669. The topological polar surface area (TPSA) is 21.7 Å². The average molecular weight is 241 g/mol. The lowest BCUT2D eigenvalue weighted by molar-refractivity contribution is 0.268. The first-order valence-electron chi connectivity index (χ1n) is 5.55. The van der Waals surface area contributed by atoms with Crippen molar-refractivity contribution in [2.45, 2.75) is 20.8 Å². The molecule has 0 aliphatic heterocycles. The highest BCUT2D eigenvalue weighted by Crippen LogP contribution is 2.44. The fraction of sp³-hybridized carbons (Fsp3) is 0.500. The first kappa shape index (κ1) is 13.4. The summed E-state index contributed by atoms with van der Waals surface area (Å²) in [6.45, 7) is 7.39. The van der Waals surface area contributed by atoms with Gasteiger partial charge in [0, 0.05) is 12.7 Å². The molecule has 0 aliphatic carbocycles. The van der Waals surface area contributed by atoms with Crippen molar-refractivity contribution < 1.29 is 9.05 Å². The maximum absolute atomic E-state index is 5.60. The van der Waals surface area contributed by atoms with E-state index in [1.165, 1.54) is 5.56 Å². The quantitative estimate of drug-likeness (QED) is 0.708. The Morgan fingerprint density at radius 1 is 1.06 bits per heavy atom. The van der Waals surface area contributed by atoms with Gasteiger partial charge in [-0.15, -0.1) is 0 Å². The van der Waals surface area contributed by atoms with Gasteiger partial charge in [0.25, 0.3) is 8.53 Å². The molecule has 0 aliphatic rings. The number of hydrogen-bond donors (Lipinski definition) is 0. The molecule has 3 nitrogen and oxygen atoms in total. The predicted molar refractivity (Wildman–Crippen MR) is 69.8 cm³/mol. The molecule has 0 heterocycles. The van der Waals surface area contributed by atoms with Crippen molar-refractivity contribution in [3.63, 3.8) is 0 Å².